The molecule has 1 fully saturated rings. The average molecular weight is 380 g/mol. The Kier molecular flexibility index (Phi) is 4.66. The van der Waals surface area contributed by atoms with Gasteiger partial charge in [-0.2, -0.15) is 0 Å². The molecule has 1 saturated heterocycles. The number of benzene rings is 2. The lowest BCUT2D eigenvalue weighted by Gasteiger charge is -2.23. The number of ether oxygens (including phenoxy) is 1. The highest BCUT2D eigenvalue weighted by Gasteiger charge is 2.36. The first kappa shape index (κ1) is 17.1. The number of para-hydroxylation sites is 1. The van der Waals surface area contributed by atoms with Crippen LogP contribution in [-0.2, 0) is 4.79 Å². The third-order valence-corrected chi connectivity index (χ3v) is 5.79. The molecule has 0 spiro atoms. The Hall–Kier alpha value is -2.37. The number of rotatable bonds is 3. The quantitative estimate of drug-likeness (QED) is 0.556. The van der Waals surface area contributed by atoms with Crippen LogP contribution >= 0.6 is 24.0 Å². The molecule has 2 aromatic rings. The fourth-order valence-corrected chi connectivity index (χ4v) is 4.51. The van der Waals surface area contributed by atoms with Crippen LogP contribution < -0.4 is 4.74 Å². The molecule has 3 nitrogen and oxygen atoms in total. The summed E-state index contributed by atoms with van der Waals surface area (Å²) >= 11 is 6.83. The number of carbonyl (C=O) groups excluding carboxylic acids is 1. The number of thioether (sulfide) groups is 1. The van der Waals surface area contributed by atoms with E-state index in [-0.39, 0.29) is 11.9 Å². The van der Waals surface area contributed by atoms with E-state index in [1.807, 2.05) is 67.6 Å². The van der Waals surface area contributed by atoms with E-state index in [1.54, 1.807) is 4.90 Å². The van der Waals surface area contributed by atoms with Crippen LogP contribution in [0.3, 0.4) is 0 Å². The van der Waals surface area contributed by atoms with E-state index in [2.05, 4.69) is 6.08 Å². The van der Waals surface area contributed by atoms with Crippen molar-refractivity contribution in [1.82, 2.24) is 4.90 Å². The highest BCUT2D eigenvalue weighted by atomic mass is 32.2. The minimum absolute atomic E-state index is 0.0453. The first-order chi connectivity index (χ1) is 12.6. The van der Waals surface area contributed by atoms with Gasteiger partial charge in [0.05, 0.1) is 10.9 Å². The Labute approximate surface area is 162 Å². The molecule has 26 heavy (non-hydrogen) atoms. The van der Waals surface area contributed by atoms with Crippen LogP contribution in [0.25, 0.3) is 6.08 Å². The lowest BCUT2D eigenvalue weighted by Crippen LogP contribution is -2.31. The van der Waals surface area contributed by atoms with Crippen LogP contribution in [0.1, 0.15) is 24.1 Å². The van der Waals surface area contributed by atoms with E-state index in [0.29, 0.717) is 15.8 Å². The normalized spacial score (nSPS) is 19.2. The molecule has 0 unspecified atom stereocenters. The number of fused-ring (bicyclic) bond motifs is 1. The average Bonchev–Trinajstić information content (AvgIpc) is 2.95. The molecular formula is C21H17NO2S2. The molecule has 2 aromatic carbocycles. The number of hydrogen-bond acceptors (Lipinski definition) is 4. The molecule has 0 bridgehead atoms. The van der Waals surface area contributed by atoms with Crippen LogP contribution in [0.5, 0.6) is 5.75 Å². The molecule has 0 aromatic heterocycles. The molecule has 130 valence electrons. The van der Waals surface area contributed by atoms with E-state index in [9.17, 15) is 4.79 Å². The molecule has 0 N–H and O–H groups in total. The van der Waals surface area contributed by atoms with Gasteiger partial charge in [-0.3, -0.25) is 9.69 Å². The standard InChI is InChI=1S/C21H17NO2S2/c1-14(16-7-3-2-4-8-16)22-20(23)19(26-21(22)25)12-15-11-17-9-5-6-10-18(17)24-13-15/h2-12,14H,13H2,1H3/b19-12+/t14-/m1/s1. The van der Waals surface area contributed by atoms with Gasteiger partial charge in [0.2, 0.25) is 0 Å². The van der Waals surface area contributed by atoms with Crippen molar-refractivity contribution in [2.24, 2.45) is 0 Å². The maximum Gasteiger partial charge on any atom is 0.266 e. The summed E-state index contributed by atoms with van der Waals surface area (Å²) < 4.78 is 6.37. The van der Waals surface area contributed by atoms with E-state index >= 15 is 0 Å². The van der Waals surface area contributed by atoms with Crippen LogP contribution in [0.4, 0.5) is 0 Å². The SMILES string of the molecule is C[C@H](c1ccccc1)N1C(=O)/C(=C\C2=Cc3ccccc3OC2)SC1=S. The maximum absolute atomic E-state index is 12.9. The van der Waals surface area contributed by atoms with E-state index in [0.717, 1.165) is 22.4 Å². The molecule has 0 saturated carbocycles. The first-order valence-corrected chi connectivity index (χ1v) is 9.60. The predicted octanol–water partition coefficient (Wildman–Crippen LogP) is 4.97. The van der Waals surface area contributed by atoms with Crippen molar-refractivity contribution in [3.8, 4) is 5.75 Å². The topological polar surface area (TPSA) is 29.5 Å². The Morgan fingerprint density at radius 3 is 2.69 bits per heavy atom. The Balaban J connectivity index is 1.60. The molecular weight excluding hydrogens is 362 g/mol. The summed E-state index contributed by atoms with van der Waals surface area (Å²) in [6, 6.07) is 17.7. The van der Waals surface area contributed by atoms with Gasteiger partial charge in [-0.05, 0) is 36.3 Å². The fourth-order valence-electron chi connectivity index (χ4n) is 3.08. The predicted molar refractivity (Wildman–Crippen MR) is 110 cm³/mol. The number of carbonyl (C=O) groups is 1. The zero-order chi connectivity index (χ0) is 18.1. The molecule has 0 aliphatic carbocycles. The summed E-state index contributed by atoms with van der Waals surface area (Å²) in [7, 11) is 0. The van der Waals surface area contributed by atoms with Crippen molar-refractivity contribution in [1.29, 1.82) is 0 Å². The number of amides is 1. The van der Waals surface area contributed by atoms with Gasteiger partial charge >= 0.3 is 0 Å². The van der Waals surface area contributed by atoms with Gasteiger partial charge < -0.3 is 4.74 Å². The molecule has 0 radical (unpaired) electrons. The second-order valence-electron chi connectivity index (χ2n) is 6.18. The van der Waals surface area contributed by atoms with Gasteiger partial charge in [0.1, 0.15) is 16.7 Å². The van der Waals surface area contributed by atoms with E-state index < -0.39 is 0 Å². The Morgan fingerprint density at radius 1 is 1.15 bits per heavy atom. The van der Waals surface area contributed by atoms with Gasteiger partial charge in [-0.1, -0.05) is 72.5 Å². The maximum atomic E-state index is 12.9. The summed E-state index contributed by atoms with van der Waals surface area (Å²) in [6.45, 7) is 2.46. The van der Waals surface area contributed by atoms with Gasteiger partial charge in [-0.25, -0.2) is 0 Å². The summed E-state index contributed by atoms with van der Waals surface area (Å²) in [5.74, 6) is 0.825. The second kappa shape index (κ2) is 7.09. The van der Waals surface area contributed by atoms with Crippen molar-refractivity contribution in [3.05, 3.63) is 82.3 Å². The molecule has 5 heteroatoms. The van der Waals surface area contributed by atoms with Gasteiger partial charge in [-0.15, -0.1) is 0 Å². The van der Waals surface area contributed by atoms with E-state index in [4.69, 9.17) is 17.0 Å². The highest BCUT2D eigenvalue weighted by Crippen LogP contribution is 2.38. The van der Waals surface area contributed by atoms with Crippen molar-refractivity contribution < 1.29 is 9.53 Å². The zero-order valence-electron chi connectivity index (χ0n) is 14.2. The van der Waals surface area contributed by atoms with Gasteiger partial charge in [0.25, 0.3) is 5.91 Å². The zero-order valence-corrected chi connectivity index (χ0v) is 15.8. The molecule has 4 rings (SSSR count). The summed E-state index contributed by atoms with van der Waals surface area (Å²) in [5.41, 5.74) is 3.06. The largest absolute Gasteiger partial charge is 0.488 e. The highest BCUT2D eigenvalue weighted by molar-refractivity contribution is 8.26. The van der Waals surface area contributed by atoms with Gasteiger partial charge in [0.15, 0.2) is 0 Å². The summed E-state index contributed by atoms with van der Waals surface area (Å²) in [5, 5.41) is 0. The van der Waals surface area contributed by atoms with Crippen molar-refractivity contribution in [2.75, 3.05) is 6.61 Å². The Bertz CT molecular complexity index is 934. The third kappa shape index (κ3) is 3.20. The van der Waals surface area contributed by atoms with Crippen molar-refractivity contribution >= 4 is 40.3 Å². The number of hydrogen-bond donors (Lipinski definition) is 0. The number of thiocarbonyl (C=S) groups is 1. The van der Waals surface area contributed by atoms with Crippen molar-refractivity contribution in [2.45, 2.75) is 13.0 Å². The minimum atomic E-state index is -0.0908. The van der Waals surface area contributed by atoms with Crippen LogP contribution in [0, 0.1) is 0 Å². The van der Waals surface area contributed by atoms with Crippen LogP contribution in [0.15, 0.2) is 71.2 Å². The molecule has 1 amide bonds. The Morgan fingerprint density at radius 2 is 1.88 bits per heavy atom. The third-order valence-electron chi connectivity index (χ3n) is 4.46. The number of nitrogens with zero attached hydrogens (tertiary/aromatic N) is 1. The lowest BCUT2D eigenvalue weighted by atomic mass is 10.1. The minimum Gasteiger partial charge on any atom is -0.488 e. The molecule has 1 atom stereocenters. The van der Waals surface area contributed by atoms with E-state index in [1.165, 1.54) is 11.8 Å². The summed E-state index contributed by atoms with van der Waals surface area (Å²) in [4.78, 5) is 15.3. The van der Waals surface area contributed by atoms with Crippen LogP contribution in [0.2, 0.25) is 0 Å². The summed E-state index contributed by atoms with van der Waals surface area (Å²) in [6.07, 6.45) is 3.96. The molecule has 2 aliphatic heterocycles. The lowest BCUT2D eigenvalue weighted by molar-refractivity contribution is -0.123. The molecule has 2 heterocycles. The molecule has 2 aliphatic rings. The van der Waals surface area contributed by atoms with Crippen molar-refractivity contribution in [3.63, 3.8) is 0 Å². The smallest absolute Gasteiger partial charge is 0.266 e. The fraction of sp³-hybridized carbons (Fsp3) is 0.143. The van der Waals surface area contributed by atoms with Crippen LogP contribution in [-0.4, -0.2) is 21.7 Å². The second-order valence-corrected chi connectivity index (χ2v) is 7.86. The first-order valence-electron chi connectivity index (χ1n) is 8.38. The monoisotopic (exact) mass is 379 g/mol. The van der Waals surface area contributed by atoms with Gasteiger partial charge in [0, 0.05) is 5.56 Å².